The molecule has 0 bridgehead atoms. The molecular weight excluding hydrogens is 183 g/mol. The van der Waals surface area contributed by atoms with Crippen LogP contribution in [0.2, 0.25) is 0 Å². The van der Waals surface area contributed by atoms with Crippen LogP contribution in [0.4, 0.5) is 0 Å². The minimum atomic E-state index is 0.271. The van der Waals surface area contributed by atoms with E-state index in [4.69, 9.17) is 0 Å². The van der Waals surface area contributed by atoms with E-state index < -0.39 is 0 Å². The predicted octanol–water partition coefficient (Wildman–Crippen LogP) is 0.0698. The van der Waals surface area contributed by atoms with Crippen molar-refractivity contribution in [3.8, 4) is 0 Å². The summed E-state index contributed by atoms with van der Waals surface area (Å²) >= 11 is 0.771. The molecule has 0 aromatic carbocycles. The van der Waals surface area contributed by atoms with E-state index in [1.165, 1.54) is 0 Å². The van der Waals surface area contributed by atoms with Crippen LogP contribution in [0.3, 0.4) is 0 Å². The molecule has 1 nitrogen and oxygen atoms in total. The number of carbonyl (C=O) groups excluding carboxylic acids is 1. The molecule has 0 rings (SSSR count). The SMILES string of the molecule is CC(C)[C](=O)[SnH]. The fourth-order valence-corrected chi connectivity index (χ4v) is 0. The molecule has 0 unspecified atom stereocenters. The summed E-state index contributed by atoms with van der Waals surface area (Å²) in [7, 11) is 0. The second-order valence-electron chi connectivity index (χ2n) is 1.56. The van der Waals surface area contributed by atoms with Crippen molar-refractivity contribution in [1.82, 2.24) is 0 Å². The van der Waals surface area contributed by atoms with Crippen LogP contribution < -0.4 is 0 Å². The zero-order chi connectivity index (χ0) is 5.15. The molecule has 6 heavy (non-hydrogen) atoms. The summed E-state index contributed by atoms with van der Waals surface area (Å²) < 4.78 is 0.389. The zero-order valence-corrected chi connectivity index (χ0v) is 7.36. The van der Waals surface area contributed by atoms with E-state index in [1.807, 2.05) is 13.8 Å². The van der Waals surface area contributed by atoms with Gasteiger partial charge in [0.15, 0.2) is 0 Å². The molecule has 0 spiro atoms. The van der Waals surface area contributed by atoms with Crippen molar-refractivity contribution in [2.24, 2.45) is 5.92 Å². The Morgan fingerprint density at radius 3 is 1.83 bits per heavy atom. The molecule has 0 amide bonds. The van der Waals surface area contributed by atoms with Gasteiger partial charge in [-0.2, -0.15) is 0 Å². The fourth-order valence-electron chi connectivity index (χ4n) is 0. The van der Waals surface area contributed by atoms with Gasteiger partial charge >= 0.3 is 50.9 Å². The first-order valence-electron chi connectivity index (χ1n) is 1.94. The molecule has 0 saturated carbocycles. The monoisotopic (exact) mass is 192 g/mol. The van der Waals surface area contributed by atoms with E-state index >= 15 is 0 Å². The molecule has 0 aliphatic heterocycles. The van der Waals surface area contributed by atoms with Gasteiger partial charge in [0, 0.05) is 0 Å². The Hall–Kier alpha value is 0.469. The molecule has 0 atom stereocenters. The van der Waals surface area contributed by atoms with Crippen LogP contribution in [0.25, 0.3) is 0 Å². The second kappa shape index (κ2) is 2.61. The topological polar surface area (TPSA) is 17.1 Å². The average molecular weight is 191 g/mol. The van der Waals surface area contributed by atoms with Crippen molar-refractivity contribution in [2.45, 2.75) is 13.8 Å². The molecule has 2 radical (unpaired) electrons. The molecule has 0 aromatic rings. The van der Waals surface area contributed by atoms with Crippen LogP contribution in [-0.4, -0.2) is 26.3 Å². The number of rotatable bonds is 1. The molecule has 0 saturated heterocycles. The third-order valence-electron chi connectivity index (χ3n) is 0.569. The van der Waals surface area contributed by atoms with Gasteiger partial charge in [-0.05, 0) is 0 Å². The molecule has 0 aliphatic carbocycles. The first-order valence-corrected chi connectivity index (χ1v) is 3.58. The molecule has 0 N–H and O–H groups in total. The van der Waals surface area contributed by atoms with E-state index in [0.717, 1.165) is 22.5 Å². The summed E-state index contributed by atoms with van der Waals surface area (Å²) in [6.07, 6.45) is 0. The van der Waals surface area contributed by atoms with E-state index in [1.54, 1.807) is 0 Å². The first-order chi connectivity index (χ1) is 2.64. The van der Waals surface area contributed by atoms with Crippen molar-refractivity contribution in [3.05, 3.63) is 0 Å². The van der Waals surface area contributed by atoms with Crippen LogP contribution in [0, 0.1) is 5.92 Å². The molecule has 2 heteroatoms. The summed E-state index contributed by atoms with van der Waals surface area (Å²) in [5.41, 5.74) is 0. The van der Waals surface area contributed by atoms with E-state index in [-0.39, 0.29) is 5.92 Å². The summed E-state index contributed by atoms with van der Waals surface area (Å²) in [6, 6.07) is 0. The van der Waals surface area contributed by atoms with Crippen molar-refractivity contribution < 1.29 is 4.79 Å². The Bertz CT molecular complexity index is 58.6. The Kier molecular flexibility index (Phi) is 2.81. The minimum absolute atomic E-state index is 0.271. The van der Waals surface area contributed by atoms with Crippen LogP contribution in [0.1, 0.15) is 13.8 Å². The molecular formula is C4H8OSn. The summed E-state index contributed by atoms with van der Waals surface area (Å²) in [5.74, 6) is 0.271. The fraction of sp³-hybridized carbons (Fsp3) is 0.750. The molecule has 0 fully saturated rings. The Labute approximate surface area is 51.2 Å². The van der Waals surface area contributed by atoms with Crippen LogP contribution in [-0.2, 0) is 4.79 Å². The van der Waals surface area contributed by atoms with Crippen LogP contribution in [0.15, 0.2) is 0 Å². The van der Waals surface area contributed by atoms with Gasteiger partial charge < -0.3 is 0 Å². The normalized spacial score (nSPS) is 9.33. The van der Waals surface area contributed by atoms with E-state index in [0.29, 0.717) is 3.80 Å². The summed E-state index contributed by atoms with van der Waals surface area (Å²) in [4.78, 5) is 10.2. The number of hydrogen-bond donors (Lipinski definition) is 0. The van der Waals surface area contributed by atoms with Gasteiger partial charge in [-0.3, -0.25) is 0 Å². The quantitative estimate of drug-likeness (QED) is 0.535. The van der Waals surface area contributed by atoms with Crippen molar-refractivity contribution >= 4 is 26.3 Å². The predicted molar refractivity (Wildman–Crippen MR) is 27.0 cm³/mol. The van der Waals surface area contributed by atoms with Crippen molar-refractivity contribution in [2.75, 3.05) is 0 Å². The van der Waals surface area contributed by atoms with Crippen LogP contribution >= 0.6 is 0 Å². The van der Waals surface area contributed by atoms with E-state index in [2.05, 4.69) is 0 Å². The Morgan fingerprint density at radius 2 is 1.83 bits per heavy atom. The van der Waals surface area contributed by atoms with Crippen molar-refractivity contribution in [1.29, 1.82) is 0 Å². The standard InChI is InChI=1S/C4H7O.Sn.H/c1-4(2)3-5;;/h4H,1-2H3;;. The third-order valence-corrected chi connectivity index (χ3v) is 2.47. The van der Waals surface area contributed by atoms with Gasteiger partial charge in [0.25, 0.3) is 0 Å². The molecule has 0 heterocycles. The third kappa shape index (κ3) is 2.69. The maximum absolute atomic E-state index is 10.2. The average Bonchev–Trinajstić information content (AvgIpc) is 1.36. The molecule has 0 aliphatic rings. The summed E-state index contributed by atoms with van der Waals surface area (Å²) in [5, 5.41) is 0. The van der Waals surface area contributed by atoms with Gasteiger partial charge in [-0.15, -0.1) is 0 Å². The molecule has 34 valence electrons. The summed E-state index contributed by atoms with van der Waals surface area (Å²) in [6.45, 7) is 3.85. The zero-order valence-electron chi connectivity index (χ0n) is 4.06. The van der Waals surface area contributed by atoms with Gasteiger partial charge in [-0.25, -0.2) is 0 Å². The van der Waals surface area contributed by atoms with Gasteiger partial charge in [0.1, 0.15) is 0 Å². The second-order valence-corrected chi connectivity index (χ2v) is 3.18. The van der Waals surface area contributed by atoms with Gasteiger partial charge in [-0.1, -0.05) is 0 Å². The Morgan fingerprint density at radius 1 is 1.67 bits per heavy atom. The number of hydrogen-bond acceptors (Lipinski definition) is 1. The Balaban J connectivity index is 3.26. The van der Waals surface area contributed by atoms with Crippen molar-refractivity contribution in [3.63, 3.8) is 0 Å². The van der Waals surface area contributed by atoms with Gasteiger partial charge in [0.05, 0.1) is 0 Å². The number of carbonyl (C=O) groups is 1. The molecule has 0 aromatic heterocycles. The van der Waals surface area contributed by atoms with Crippen LogP contribution in [0.5, 0.6) is 0 Å². The van der Waals surface area contributed by atoms with E-state index in [9.17, 15) is 4.79 Å². The van der Waals surface area contributed by atoms with Gasteiger partial charge in [0.2, 0.25) is 0 Å². The first kappa shape index (κ1) is 6.47. The maximum atomic E-state index is 10.2.